The van der Waals surface area contributed by atoms with E-state index in [0.29, 0.717) is 35.4 Å². The van der Waals surface area contributed by atoms with Crippen LogP contribution in [0.4, 0.5) is 27.5 Å². The molecule has 0 amide bonds. The van der Waals surface area contributed by atoms with Gasteiger partial charge in [0, 0.05) is 43.3 Å². The van der Waals surface area contributed by atoms with E-state index in [4.69, 9.17) is 4.42 Å². The zero-order valence-electron chi connectivity index (χ0n) is 19.8. The van der Waals surface area contributed by atoms with Crippen LogP contribution in [-0.4, -0.2) is 63.2 Å². The minimum absolute atomic E-state index is 0.241. The van der Waals surface area contributed by atoms with Crippen LogP contribution in [0.2, 0.25) is 0 Å². The number of aromatic hydroxyl groups is 2. The summed E-state index contributed by atoms with van der Waals surface area (Å²) in [6.45, 7) is 2.96. The molecule has 12 heteroatoms. The largest absolute Gasteiger partial charge is 0.504 e. The summed E-state index contributed by atoms with van der Waals surface area (Å²) < 4.78 is 20.4. The number of halogens is 1. The molecule has 1 fully saturated rings. The molecule has 37 heavy (non-hydrogen) atoms. The Morgan fingerprint density at radius 3 is 2.54 bits per heavy atom. The second-order valence-electron chi connectivity index (χ2n) is 8.64. The van der Waals surface area contributed by atoms with E-state index in [2.05, 4.69) is 20.2 Å². The second kappa shape index (κ2) is 9.74. The molecule has 0 unspecified atom stereocenters. The number of aromatic nitrogens is 2. The number of nitro groups is 1. The number of hydrogen-bond donors (Lipinski definition) is 3. The third-order valence-corrected chi connectivity index (χ3v) is 6.05. The topological polar surface area (TPSA) is 141 Å². The maximum atomic E-state index is 15.3. The van der Waals surface area contributed by atoms with Crippen LogP contribution in [0.5, 0.6) is 11.5 Å². The number of piperazine rings is 1. The standard InChI is InChI=1S/C25H23FN6O5/c1-30-8-10-31(11-9-30)20-14-19-17(13-18(20)26)25(27-15-2-5-21(33)22(34)12-15)29-23(28-19)6-3-16-4-7-24(37-16)32(35)36/h2-7,12-14,33-34H,8-11H2,1H3,(H,27,28,29)/b6-3+. The molecule has 2 aromatic carbocycles. The van der Waals surface area contributed by atoms with Gasteiger partial charge in [0.05, 0.1) is 17.3 Å². The monoisotopic (exact) mass is 506 g/mol. The molecule has 5 rings (SSSR count). The Morgan fingerprint density at radius 2 is 1.84 bits per heavy atom. The maximum absolute atomic E-state index is 15.3. The van der Waals surface area contributed by atoms with Crippen molar-refractivity contribution in [2.75, 3.05) is 43.4 Å². The fourth-order valence-electron chi connectivity index (χ4n) is 4.04. The highest BCUT2D eigenvalue weighted by Gasteiger charge is 2.20. The number of likely N-dealkylation sites (N-methyl/N-ethyl adjacent to an activating group) is 1. The summed E-state index contributed by atoms with van der Waals surface area (Å²) in [5.41, 5.74) is 1.32. The first-order chi connectivity index (χ1) is 17.8. The normalized spacial score (nSPS) is 14.5. The molecule has 0 aliphatic carbocycles. The van der Waals surface area contributed by atoms with Gasteiger partial charge in [0.15, 0.2) is 17.3 Å². The number of fused-ring (bicyclic) bond motifs is 1. The van der Waals surface area contributed by atoms with E-state index in [1.165, 1.54) is 48.6 Å². The Kier molecular flexibility index (Phi) is 6.32. The van der Waals surface area contributed by atoms with Gasteiger partial charge in [-0.2, -0.15) is 0 Å². The minimum Gasteiger partial charge on any atom is -0.504 e. The SMILES string of the molecule is CN1CCN(c2cc3nc(/C=C/c4ccc([N+](=O)[O-])o4)nc(Nc4ccc(O)c(O)c4)c3cc2F)CC1. The fourth-order valence-corrected chi connectivity index (χ4v) is 4.04. The van der Waals surface area contributed by atoms with E-state index in [1.54, 1.807) is 6.07 Å². The lowest BCUT2D eigenvalue weighted by Crippen LogP contribution is -2.44. The van der Waals surface area contributed by atoms with Crippen LogP contribution >= 0.6 is 0 Å². The molecule has 1 saturated heterocycles. The molecular weight excluding hydrogens is 483 g/mol. The molecule has 11 nitrogen and oxygen atoms in total. The Labute approximate surface area is 210 Å². The van der Waals surface area contributed by atoms with Gasteiger partial charge in [-0.25, -0.2) is 14.4 Å². The van der Waals surface area contributed by atoms with Crippen molar-refractivity contribution >= 4 is 46.1 Å². The van der Waals surface area contributed by atoms with Crippen LogP contribution in [-0.2, 0) is 0 Å². The van der Waals surface area contributed by atoms with Crippen LogP contribution in [0.1, 0.15) is 11.6 Å². The number of phenolic OH excluding ortho intramolecular Hbond substituents is 2. The van der Waals surface area contributed by atoms with Crippen molar-refractivity contribution in [3.63, 3.8) is 0 Å². The smallest absolute Gasteiger partial charge is 0.433 e. The van der Waals surface area contributed by atoms with E-state index in [0.717, 1.165) is 13.1 Å². The number of rotatable bonds is 6. The molecular formula is C25H23FN6O5. The highest BCUT2D eigenvalue weighted by atomic mass is 19.1. The molecule has 0 radical (unpaired) electrons. The molecule has 190 valence electrons. The summed E-state index contributed by atoms with van der Waals surface area (Å²) in [6.07, 6.45) is 3.02. The predicted molar refractivity (Wildman–Crippen MR) is 137 cm³/mol. The van der Waals surface area contributed by atoms with Crippen molar-refractivity contribution in [1.82, 2.24) is 14.9 Å². The molecule has 0 saturated carbocycles. The molecule has 1 aliphatic rings. The summed E-state index contributed by atoms with van der Waals surface area (Å²) in [5.74, 6) is -0.657. The second-order valence-corrected chi connectivity index (χ2v) is 8.64. The van der Waals surface area contributed by atoms with Crippen molar-refractivity contribution in [3.05, 3.63) is 70.0 Å². The lowest BCUT2D eigenvalue weighted by Gasteiger charge is -2.34. The van der Waals surface area contributed by atoms with Crippen molar-refractivity contribution in [2.24, 2.45) is 0 Å². The van der Waals surface area contributed by atoms with Crippen molar-refractivity contribution in [3.8, 4) is 11.5 Å². The van der Waals surface area contributed by atoms with E-state index in [9.17, 15) is 20.3 Å². The van der Waals surface area contributed by atoms with Gasteiger partial charge in [0.25, 0.3) is 0 Å². The summed E-state index contributed by atoms with van der Waals surface area (Å²) in [4.78, 5) is 23.5. The fraction of sp³-hybridized carbons (Fsp3) is 0.200. The number of benzene rings is 2. The Hall–Kier alpha value is -4.71. The van der Waals surface area contributed by atoms with Gasteiger partial charge in [-0.05, 0) is 49.5 Å². The number of phenols is 2. The lowest BCUT2D eigenvalue weighted by molar-refractivity contribution is -0.402. The number of nitrogens with one attached hydrogen (secondary N) is 1. The van der Waals surface area contributed by atoms with E-state index in [-0.39, 0.29) is 34.8 Å². The van der Waals surface area contributed by atoms with Gasteiger partial charge in [-0.1, -0.05) is 0 Å². The molecule has 0 spiro atoms. The summed E-state index contributed by atoms with van der Waals surface area (Å²) in [7, 11) is 2.02. The first-order valence-electron chi connectivity index (χ1n) is 11.4. The highest BCUT2D eigenvalue weighted by Crippen LogP contribution is 2.33. The number of anilines is 3. The van der Waals surface area contributed by atoms with Crippen molar-refractivity contribution in [2.45, 2.75) is 0 Å². The van der Waals surface area contributed by atoms with Crippen LogP contribution < -0.4 is 10.2 Å². The van der Waals surface area contributed by atoms with Gasteiger partial charge in [-0.15, -0.1) is 0 Å². The zero-order chi connectivity index (χ0) is 26.1. The van der Waals surface area contributed by atoms with Gasteiger partial charge < -0.3 is 29.7 Å². The third-order valence-electron chi connectivity index (χ3n) is 6.05. The molecule has 1 aliphatic heterocycles. The van der Waals surface area contributed by atoms with E-state index in [1.807, 2.05) is 11.9 Å². The van der Waals surface area contributed by atoms with Crippen LogP contribution in [0, 0.1) is 15.9 Å². The predicted octanol–water partition coefficient (Wildman–Crippen LogP) is 4.35. The van der Waals surface area contributed by atoms with Crippen LogP contribution in [0.3, 0.4) is 0 Å². The van der Waals surface area contributed by atoms with Crippen molar-refractivity contribution < 1.29 is 23.9 Å². The van der Waals surface area contributed by atoms with Crippen LogP contribution in [0.25, 0.3) is 23.1 Å². The van der Waals surface area contributed by atoms with E-state index >= 15 is 4.39 Å². The molecule has 0 bridgehead atoms. The molecule has 3 N–H and O–H groups in total. The Bertz CT molecular complexity index is 1510. The average Bonchev–Trinajstić information content (AvgIpc) is 3.35. The first-order valence-corrected chi connectivity index (χ1v) is 11.4. The first kappa shape index (κ1) is 24.0. The molecule has 3 heterocycles. The average molecular weight is 506 g/mol. The van der Waals surface area contributed by atoms with Gasteiger partial charge in [0.1, 0.15) is 22.3 Å². The number of nitrogens with zero attached hydrogens (tertiary/aromatic N) is 5. The summed E-state index contributed by atoms with van der Waals surface area (Å²) in [6, 6.07) is 9.91. The third kappa shape index (κ3) is 5.14. The summed E-state index contributed by atoms with van der Waals surface area (Å²) in [5, 5.41) is 33.9. The zero-order valence-corrected chi connectivity index (χ0v) is 19.8. The van der Waals surface area contributed by atoms with E-state index < -0.39 is 10.7 Å². The minimum atomic E-state index is -0.632. The number of furan rings is 1. The van der Waals surface area contributed by atoms with Gasteiger partial charge in [0.2, 0.25) is 0 Å². The maximum Gasteiger partial charge on any atom is 0.433 e. The number of hydrogen-bond acceptors (Lipinski definition) is 10. The summed E-state index contributed by atoms with van der Waals surface area (Å²) >= 11 is 0. The van der Waals surface area contributed by atoms with Crippen LogP contribution in [0.15, 0.2) is 46.9 Å². The quantitative estimate of drug-likeness (QED) is 0.150. The van der Waals surface area contributed by atoms with Gasteiger partial charge >= 0.3 is 5.88 Å². The highest BCUT2D eigenvalue weighted by molar-refractivity contribution is 5.94. The molecule has 0 atom stereocenters. The Balaban J connectivity index is 1.57. The Morgan fingerprint density at radius 1 is 1.05 bits per heavy atom. The lowest BCUT2D eigenvalue weighted by atomic mass is 10.1. The molecule has 4 aromatic rings. The van der Waals surface area contributed by atoms with Gasteiger partial charge in [-0.3, -0.25) is 10.1 Å². The molecule has 2 aromatic heterocycles. The van der Waals surface area contributed by atoms with Crippen molar-refractivity contribution in [1.29, 1.82) is 0 Å².